The van der Waals surface area contributed by atoms with Crippen molar-refractivity contribution in [3.05, 3.63) is 45.9 Å². The topological polar surface area (TPSA) is 129 Å². The first-order valence-electron chi connectivity index (χ1n) is 12.3. The molecule has 1 fully saturated rings. The second kappa shape index (κ2) is 13.2. The Labute approximate surface area is 210 Å². The summed E-state index contributed by atoms with van der Waals surface area (Å²) in [6, 6.07) is 5.26. The van der Waals surface area contributed by atoms with E-state index in [0.717, 1.165) is 22.7 Å². The van der Waals surface area contributed by atoms with Gasteiger partial charge in [-0.1, -0.05) is 44.2 Å². The van der Waals surface area contributed by atoms with Crippen LogP contribution in [0.15, 0.2) is 29.6 Å². The highest BCUT2D eigenvalue weighted by atomic mass is 32.1. The van der Waals surface area contributed by atoms with Crippen molar-refractivity contribution in [3.63, 3.8) is 0 Å². The number of amides is 2. The van der Waals surface area contributed by atoms with Crippen molar-refractivity contribution in [2.24, 2.45) is 5.92 Å². The lowest BCUT2D eigenvalue weighted by Crippen LogP contribution is -2.48. The number of carboxylic acid groups (broad SMARTS) is 1. The maximum atomic E-state index is 13.2. The normalized spacial score (nSPS) is 15.8. The van der Waals surface area contributed by atoms with Crippen LogP contribution in [-0.2, 0) is 27.2 Å². The summed E-state index contributed by atoms with van der Waals surface area (Å²) in [5.41, 5.74) is 1.82. The maximum Gasteiger partial charge on any atom is 0.303 e. The number of nitrogens with one attached hydrogen (secondary N) is 2. The van der Waals surface area contributed by atoms with Crippen LogP contribution < -0.4 is 10.6 Å². The molecule has 1 aromatic heterocycles. The van der Waals surface area contributed by atoms with Crippen molar-refractivity contribution in [1.29, 1.82) is 0 Å². The molecule has 1 aromatic carbocycles. The van der Waals surface area contributed by atoms with Gasteiger partial charge in [0.25, 0.3) is 0 Å². The third-order valence-electron chi connectivity index (χ3n) is 6.36. The molecule has 190 valence electrons. The van der Waals surface area contributed by atoms with Gasteiger partial charge in [-0.2, -0.15) is 0 Å². The summed E-state index contributed by atoms with van der Waals surface area (Å²) in [4.78, 5) is 40.9. The number of aromatic nitrogens is 1. The van der Waals surface area contributed by atoms with Crippen molar-refractivity contribution >= 4 is 29.1 Å². The van der Waals surface area contributed by atoms with Gasteiger partial charge in [-0.3, -0.25) is 14.4 Å². The van der Waals surface area contributed by atoms with E-state index in [9.17, 15) is 19.5 Å². The molecular formula is C26H35N3O5S. The molecule has 0 aliphatic heterocycles. The Bertz CT molecular complexity index is 985. The predicted octanol–water partition coefficient (Wildman–Crippen LogP) is 4.13. The molecule has 8 nitrogen and oxygen atoms in total. The number of carboxylic acids is 1. The van der Waals surface area contributed by atoms with Gasteiger partial charge in [0.05, 0.1) is 11.7 Å². The summed E-state index contributed by atoms with van der Waals surface area (Å²) in [6.07, 6.45) is 8.33. The molecule has 0 radical (unpaired) electrons. The molecule has 2 atom stereocenters. The third kappa shape index (κ3) is 8.98. The van der Waals surface area contributed by atoms with Gasteiger partial charge in [0.2, 0.25) is 11.8 Å². The van der Waals surface area contributed by atoms with Gasteiger partial charge >= 0.3 is 5.97 Å². The molecule has 0 bridgehead atoms. The van der Waals surface area contributed by atoms with Crippen LogP contribution in [-0.4, -0.2) is 39.0 Å². The lowest BCUT2D eigenvalue weighted by atomic mass is 9.86. The lowest BCUT2D eigenvalue weighted by molar-refractivity contribution is -0.137. The van der Waals surface area contributed by atoms with Crippen LogP contribution in [0, 0.1) is 5.92 Å². The minimum absolute atomic E-state index is 0.00924. The number of carbonyl (C=O) groups is 3. The minimum Gasteiger partial charge on any atom is -0.508 e. The van der Waals surface area contributed by atoms with Crippen molar-refractivity contribution in [2.75, 3.05) is 0 Å². The summed E-state index contributed by atoms with van der Waals surface area (Å²) >= 11 is 1.49. The zero-order valence-electron chi connectivity index (χ0n) is 20.2. The molecular weight excluding hydrogens is 466 g/mol. The number of aliphatic carboxylic acids is 1. The van der Waals surface area contributed by atoms with Gasteiger partial charge in [0.1, 0.15) is 16.8 Å². The number of benzene rings is 1. The van der Waals surface area contributed by atoms with Crippen LogP contribution in [0.5, 0.6) is 5.75 Å². The van der Waals surface area contributed by atoms with Crippen molar-refractivity contribution in [1.82, 2.24) is 15.6 Å². The fourth-order valence-electron chi connectivity index (χ4n) is 4.57. The Morgan fingerprint density at radius 3 is 2.49 bits per heavy atom. The number of hydrogen-bond donors (Lipinski definition) is 4. The van der Waals surface area contributed by atoms with Crippen molar-refractivity contribution < 1.29 is 24.6 Å². The molecule has 2 amide bonds. The number of hydrogen-bond acceptors (Lipinski definition) is 6. The molecule has 1 heterocycles. The molecule has 9 heteroatoms. The molecule has 0 spiro atoms. The Morgan fingerprint density at radius 2 is 1.83 bits per heavy atom. The number of thiazole rings is 1. The van der Waals surface area contributed by atoms with Crippen LogP contribution in [0.3, 0.4) is 0 Å². The number of phenolic OH excluding ortho intramolecular Hbond substituents is 1. The summed E-state index contributed by atoms with van der Waals surface area (Å²) in [5.74, 6) is -0.780. The standard InChI is InChI=1S/C26H35N3O5S/c1-17(30)27-23(15-19-10-12-21(31)13-11-19)25(34)29-22(8-5-9-24(32)33)26-28-20(16-35-26)14-18-6-3-2-4-7-18/h10-13,16,18,22-23,31H,2-9,14-15H2,1H3,(H,27,30)(H,29,34)(H,32,33). The molecule has 1 saturated carbocycles. The van der Waals surface area contributed by atoms with Crippen LogP contribution in [0.2, 0.25) is 0 Å². The monoisotopic (exact) mass is 501 g/mol. The third-order valence-corrected chi connectivity index (χ3v) is 7.37. The minimum atomic E-state index is -0.879. The highest BCUT2D eigenvalue weighted by molar-refractivity contribution is 7.09. The van der Waals surface area contributed by atoms with Crippen LogP contribution >= 0.6 is 11.3 Å². The smallest absolute Gasteiger partial charge is 0.303 e. The molecule has 1 aliphatic carbocycles. The fourth-order valence-corrected chi connectivity index (χ4v) is 5.49. The van der Waals surface area contributed by atoms with Crippen LogP contribution in [0.1, 0.15) is 80.6 Å². The second-order valence-corrected chi connectivity index (χ2v) is 10.2. The molecule has 35 heavy (non-hydrogen) atoms. The van der Waals surface area contributed by atoms with E-state index in [1.165, 1.54) is 62.5 Å². The van der Waals surface area contributed by atoms with E-state index in [1.54, 1.807) is 12.1 Å². The number of phenols is 1. The van der Waals surface area contributed by atoms with Crippen LogP contribution in [0.4, 0.5) is 0 Å². The second-order valence-electron chi connectivity index (χ2n) is 9.36. The highest BCUT2D eigenvalue weighted by Gasteiger charge is 2.26. The first-order chi connectivity index (χ1) is 16.8. The van der Waals surface area contributed by atoms with Crippen molar-refractivity contribution in [3.8, 4) is 5.75 Å². The van der Waals surface area contributed by atoms with Crippen molar-refractivity contribution in [2.45, 2.75) is 83.2 Å². The summed E-state index contributed by atoms with van der Waals surface area (Å²) in [5, 5.41) is 27.1. The van der Waals surface area contributed by atoms with E-state index in [1.807, 2.05) is 5.38 Å². The first kappa shape index (κ1) is 26.7. The van der Waals surface area contributed by atoms with E-state index < -0.39 is 18.1 Å². The van der Waals surface area contributed by atoms with Gasteiger partial charge in [0, 0.05) is 25.1 Å². The van der Waals surface area contributed by atoms with E-state index >= 15 is 0 Å². The molecule has 4 N–H and O–H groups in total. The quantitative estimate of drug-likeness (QED) is 0.346. The largest absolute Gasteiger partial charge is 0.508 e. The number of nitrogens with zero attached hydrogens (tertiary/aromatic N) is 1. The number of aromatic hydroxyl groups is 1. The zero-order chi connectivity index (χ0) is 25.2. The lowest BCUT2D eigenvalue weighted by Gasteiger charge is -2.22. The van der Waals surface area contributed by atoms with Gasteiger partial charge < -0.3 is 20.8 Å². The van der Waals surface area contributed by atoms with Crippen LogP contribution in [0.25, 0.3) is 0 Å². The highest BCUT2D eigenvalue weighted by Crippen LogP contribution is 2.29. The van der Waals surface area contributed by atoms with E-state index in [0.29, 0.717) is 18.8 Å². The van der Waals surface area contributed by atoms with Gasteiger partial charge in [-0.25, -0.2) is 4.98 Å². The predicted molar refractivity (Wildman–Crippen MR) is 134 cm³/mol. The van der Waals surface area contributed by atoms with E-state index in [4.69, 9.17) is 10.1 Å². The SMILES string of the molecule is CC(=O)NC(Cc1ccc(O)cc1)C(=O)NC(CCCC(=O)O)c1nc(CC2CCCCC2)cs1. The summed E-state index contributed by atoms with van der Waals surface area (Å²) in [6.45, 7) is 1.36. The van der Waals surface area contributed by atoms with E-state index in [2.05, 4.69) is 10.6 Å². The number of rotatable bonds is 12. The molecule has 0 saturated heterocycles. The van der Waals surface area contributed by atoms with Gasteiger partial charge in [-0.05, 0) is 42.9 Å². The fraction of sp³-hybridized carbons (Fsp3) is 0.538. The Kier molecular flexibility index (Phi) is 10.1. The Morgan fingerprint density at radius 1 is 1.11 bits per heavy atom. The molecule has 2 aromatic rings. The maximum absolute atomic E-state index is 13.2. The Hall–Kier alpha value is -2.94. The number of carbonyl (C=O) groups excluding carboxylic acids is 2. The summed E-state index contributed by atoms with van der Waals surface area (Å²) in [7, 11) is 0. The average molecular weight is 502 g/mol. The summed E-state index contributed by atoms with van der Waals surface area (Å²) < 4.78 is 0. The zero-order valence-corrected chi connectivity index (χ0v) is 21.0. The first-order valence-corrected chi connectivity index (χ1v) is 13.2. The molecule has 2 unspecified atom stereocenters. The van der Waals surface area contributed by atoms with Gasteiger partial charge in [-0.15, -0.1) is 11.3 Å². The Balaban J connectivity index is 1.71. The van der Waals surface area contributed by atoms with E-state index in [-0.39, 0.29) is 30.4 Å². The average Bonchev–Trinajstić information content (AvgIpc) is 3.28. The molecule has 1 aliphatic rings. The van der Waals surface area contributed by atoms with Gasteiger partial charge in [0.15, 0.2) is 0 Å². The molecule has 3 rings (SSSR count).